The van der Waals surface area contributed by atoms with Gasteiger partial charge in [0.2, 0.25) is 5.78 Å². The molecule has 1 aliphatic carbocycles. The van der Waals surface area contributed by atoms with Gasteiger partial charge in [-0.1, -0.05) is 25.3 Å². The highest BCUT2D eigenvalue weighted by molar-refractivity contribution is 7.10. The van der Waals surface area contributed by atoms with Crippen molar-refractivity contribution in [2.24, 2.45) is 5.92 Å². The molecular formula is C21H20O4S. The Morgan fingerprint density at radius 3 is 2.81 bits per heavy atom. The van der Waals surface area contributed by atoms with E-state index in [2.05, 4.69) is 0 Å². The third-order valence-corrected chi connectivity index (χ3v) is 5.74. The van der Waals surface area contributed by atoms with Gasteiger partial charge in [-0.2, -0.15) is 0 Å². The van der Waals surface area contributed by atoms with Gasteiger partial charge < -0.3 is 9.47 Å². The molecule has 0 atom stereocenters. The van der Waals surface area contributed by atoms with Gasteiger partial charge in [-0.15, -0.1) is 11.3 Å². The van der Waals surface area contributed by atoms with Crippen molar-refractivity contribution in [3.63, 3.8) is 0 Å². The molecule has 4 rings (SSSR count). The minimum atomic E-state index is -0.178. The van der Waals surface area contributed by atoms with Crippen LogP contribution in [0.4, 0.5) is 0 Å². The van der Waals surface area contributed by atoms with E-state index in [-0.39, 0.29) is 17.7 Å². The van der Waals surface area contributed by atoms with Gasteiger partial charge in [-0.05, 0) is 42.8 Å². The van der Waals surface area contributed by atoms with Crippen LogP contribution in [0.15, 0.2) is 35.4 Å². The van der Waals surface area contributed by atoms with Crippen LogP contribution in [0.1, 0.15) is 52.9 Å². The van der Waals surface area contributed by atoms with Crippen LogP contribution in [-0.4, -0.2) is 11.8 Å². The third-order valence-electron chi connectivity index (χ3n) is 4.92. The molecule has 1 fully saturated rings. The quantitative estimate of drug-likeness (QED) is 0.427. The Labute approximate surface area is 156 Å². The highest BCUT2D eigenvalue weighted by Crippen LogP contribution is 2.38. The van der Waals surface area contributed by atoms with Crippen LogP contribution in [0.25, 0.3) is 6.08 Å². The lowest BCUT2D eigenvalue weighted by Crippen LogP contribution is -2.22. The number of allylic oxidation sites excluding steroid dienone is 1. The summed E-state index contributed by atoms with van der Waals surface area (Å²) in [5.74, 6) is 0.889. The normalized spacial score (nSPS) is 18.7. The fraction of sp³-hybridized carbons (Fsp3) is 0.333. The average molecular weight is 368 g/mol. The molecule has 2 aliphatic rings. The van der Waals surface area contributed by atoms with Crippen LogP contribution in [-0.2, 0) is 4.79 Å². The molecule has 5 heteroatoms. The predicted octanol–water partition coefficient (Wildman–Crippen LogP) is 5.16. The van der Waals surface area contributed by atoms with Crippen LogP contribution in [0.3, 0.4) is 0 Å². The van der Waals surface area contributed by atoms with Crippen molar-refractivity contribution in [1.29, 1.82) is 0 Å². The Morgan fingerprint density at radius 2 is 2.08 bits per heavy atom. The first-order valence-corrected chi connectivity index (χ1v) is 9.84. The maximum atomic E-state index is 12.6. The lowest BCUT2D eigenvalue weighted by atomic mass is 9.89. The van der Waals surface area contributed by atoms with Crippen LogP contribution in [0.2, 0.25) is 0 Å². The lowest BCUT2D eigenvalue weighted by Gasteiger charge is -2.20. The number of Topliss-reactive ketones (excluding diaryl/α,β-unsaturated/α-hetero) is 1. The summed E-state index contributed by atoms with van der Waals surface area (Å²) in [6, 6.07) is 7.25. The maximum Gasteiger partial charge on any atom is 0.314 e. The molecule has 0 saturated heterocycles. The molecule has 0 N–H and O–H groups in total. The van der Waals surface area contributed by atoms with E-state index >= 15 is 0 Å². The maximum absolute atomic E-state index is 12.6. The first-order valence-electron chi connectivity index (χ1n) is 8.96. The van der Waals surface area contributed by atoms with Crippen molar-refractivity contribution in [3.05, 3.63) is 51.4 Å². The number of carbonyl (C=O) groups excluding carboxylic acids is 2. The van der Waals surface area contributed by atoms with Crippen molar-refractivity contribution in [3.8, 4) is 11.5 Å². The zero-order valence-electron chi connectivity index (χ0n) is 14.6. The third kappa shape index (κ3) is 3.31. The van der Waals surface area contributed by atoms with Crippen molar-refractivity contribution >= 4 is 29.2 Å². The zero-order valence-corrected chi connectivity index (χ0v) is 15.4. The largest absolute Gasteiger partial charge is 0.452 e. The van der Waals surface area contributed by atoms with Crippen LogP contribution >= 0.6 is 11.3 Å². The molecule has 134 valence electrons. The molecule has 1 aromatic heterocycles. The van der Waals surface area contributed by atoms with Crippen molar-refractivity contribution in [1.82, 2.24) is 0 Å². The Morgan fingerprint density at radius 1 is 1.27 bits per heavy atom. The first-order chi connectivity index (χ1) is 12.6. The number of thiophene rings is 1. The van der Waals surface area contributed by atoms with Gasteiger partial charge in [0.15, 0.2) is 5.76 Å². The SMILES string of the molecule is Cc1cc(OC(=O)C2CCCCC2)cc2c1C(=O)/C(=C/c1cccs1)O2. The second-order valence-electron chi connectivity index (χ2n) is 6.82. The van der Waals surface area contributed by atoms with Gasteiger partial charge >= 0.3 is 5.97 Å². The molecule has 2 heterocycles. The fourth-order valence-corrected chi connectivity index (χ4v) is 4.22. The summed E-state index contributed by atoms with van der Waals surface area (Å²) in [6.07, 6.45) is 6.89. The van der Waals surface area contributed by atoms with E-state index < -0.39 is 0 Å². The van der Waals surface area contributed by atoms with E-state index in [1.807, 2.05) is 24.4 Å². The minimum absolute atomic E-state index is 0.0193. The molecule has 0 unspecified atom stereocenters. The fourth-order valence-electron chi connectivity index (χ4n) is 3.58. The summed E-state index contributed by atoms with van der Waals surface area (Å²) in [4.78, 5) is 26.0. The number of rotatable bonds is 3. The number of hydrogen-bond acceptors (Lipinski definition) is 5. The first kappa shape index (κ1) is 17.0. The topological polar surface area (TPSA) is 52.6 Å². The standard InChI is InChI=1S/C21H20O4S/c1-13-10-15(24-21(23)14-6-3-2-4-7-14)11-17-19(13)20(22)18(25-17)12-16-8-5-9-26-16/h5,8-12,14H,2-4,6-7H2,1H3/b18-12-. The molecule has 1 aliphatic heterocycles. The van der Waals surface area contributed by atoms with Crippen LogP contribution in [0, 0.1) is 12.8 Å². The van der Waals surface area contributed by atoms with E-state index in [9.17, 15) is 9.59 Å². The van der Waals surface area contributed by atoms with E-state index in [0.717, 1.165) is 36.1 Å². The summed E-state index contributed by atoms with van der Waals surface area (Å²) in [6.45, 7) is 1.84. The molecule has 1 aromatic carbocycles. The molecular weight excluding hydrogens is 348 g/mol. The van der Waals surface area contributed by atoms with Gasteiger partial charge in [0.05, 0.1) is 11.5 Å². The number of carbonyl (C=O) groups is 2. The van der Waals surface area contributed by atoms with Gasteiger partial charge in [-0.3, -0.25) is 9.59 Å². The summed E-state index contributed by atoms with van der Waals surface area (Å²) in [5.41, 5.74) is 1.30. The number of hydrogen-bond donors (Lipinski definition) is 0. The highest BCUT2D eigenvalue weighted by Gasteiger charge is 2.31. The summed E-state index contributed by atoms with van der Waals surface area (Å²) in [7, 11) is 0. The molecule has 4 nitrogen and oxygen atoms in total. The van der Waals surface area contributed by atoms with Gasteiger partial charge in [0, 0.05) is 17.0 Å². The molecule has 26 heavy (non-hydrogen) atoms. The lowest BCUT2D eigenvalue weighted by molar-refractivity contribution is -0.139. The molecule has 0 bridgehead atoms. The second kappa shape index (κ2) is 7.08. The number of aryl methyl sites for hydroxylation is 1. The number of benzene rings is 1. The van der Waals surface area contributed by atoms with E-state index in [0.29, 0.717) is 22.8 Å². The monoisotopic (exact) mass is 368 g/mol. The van der Waals surface area contributed by atoms with E-state index in [1.54, 1.807) is 29.5 Å². The number of ether oxygens (including phenoxy) is 2. The van der Waals surface area contributed by atoms with Crippen LogP contribution in [0.5, 0.6) is 11.5 Å². The molecule has 0 amide bonds. The summed E-state index contributed by atoms with van der Waals surface area (Å²) in [5, 5.41) is 1.95. The molecule has 0 radical (unpaired) electrons. The minimum Gasteiger partial charge on any atom is -0.452 e. The number of esters is 1. The van der Waals surface area contributed by atoms with Crippen molar-refractivity contribution < 1.29 is 19.1 Å². The summed E-state index contributed by atoms with van der Waals surface area (Å²) >= 11 is 1.54. The molecule has 1 saturated carbocycles. The van der Waals surface area contributed by atoms with Gasteiger partial charge in [-0.25, -0.2) is 0 Å². The Hall–Kier alpha value is -2.40. The number of ketones is 1. The zero-order chi connectivity index (χ0) is 18.1. The molecule has 0 spiro atoms. The van der Waals surface area contributed by atoms with Crippen LogP contribution < -0.4 is 9.47 Å². The van der Waals surface area contributed by atoms with E-state index in [4.69, 9.17) is 9.47 Å². The van der Waals surface area contributed by atoms with Crippen molar-refractivity contribution in [2.45, 2.75) is 39.0 Å². The van der Waals surface area contributed by atoms with E-state index in [1.165, 1.54) is 6.42 Å². The molecule has 2 aromatic rings. The van der Waals surface area contributed by atoms with Gasteiger partial charge in [0.25, 0.3) is 0 Å². The Kier molecular flexibility index (Phi) is 4.64. The Bertz CT molecular complexity index is 874. The van der Waals surface area contributed by atoms with Crippen molar-refractivity contribution in [2.75, 3.05) is 0 Å². The highest BCUT2D eigenvalue weighted by atomic mass is 32.1. The average Bonchev–Trinajstić information content (AvgIpc) is 3.24. The predicted molar refractivity (Wildman–Crippen MR) is 101 cm³/mol. The summed E-state index contributed by atoms with van der Waals surface area (Å²) < 4.78 is 11.4. The second-order valence-corrected chi connectivity index (χ2v) is 7.80. The smallest absolute Gasteiger partial charge is 0.314 e. The number of fused-ring (bicyclic) bond motifs is 1. The Balaban J connectivity index is 1.56. The van der Waals surface area contributed by atoms with Gasteiger partial charge in [0.1, 0.15) is 11.5 Å².